The lowest BCUT2D eigenvalue weighted by Crippen LogP contribution is -2.54. The minimum Gasteiger partial charge on any atom is -0.478 e. The maximum atomic E-state index is 13.1. The third-order valence-corrected chi connectivity index (χ3v) is 5.44. The van der Waals surface area contributed by atoms with Crippen LogP contribution in [0.3, 0.4) is 0 Å². The van der Waals surface area contributed by atoms with Gasteiger partial charge in [-0.1, -0.05) is 11.6 Å². The second kappa shape index (κ2) is 8.09. The lowest BCUT2D eigenvalue weighted by atomic mass is 10.1. The van der Waals surface area contributed by atoms with E-state index in [-0.39, 0.29) is 34.4 Å². The number of hydrogen-bond donors (Lipinski definition) is 2. The number of imide groups is 2. The fraction of sp³-hybridized carbons (Fsp3) is 0.0435. The number of benzene rings is 2. The van der Waals surface area contributed by atoms with E-state index in [0.29, 0.717) is 22.8 Å². The number of ether oxygens (including phenoxy) is 2. The number of fused-ring (bicyclic) bond motifs is 1. The van der Waals surface area contributed by atoms with Crippen molar-refractivity contribution in [1.29, 1.82) is 0 Å². The molecule has 0 unspecified atom stereocenters. The van der Waals surface area contributed by atoms with E-state index >= 15 is 0 Å². The number of nitrogens with one attached hydrogen (secondary N) is 1. The number of aromatic carboxylic acids is 1. The summed E-state index contributed by atoms with van der Waals surface area (Å²) in [5.74, 6) is -1.68. The number of urea groups is 1. The van der Waals surface area contributed by atoms with Gasteiger partial charge in [-0.15, -0.1) is 0 Å². The van der Waals surface area contributed by atoms with Crippen molar-refractivity contribution in [3.05, 3.63) is 70.5 Å². The standard InChI is InChI=1S/C23H13ClN2O8/c24-16-4-1-11(7-14(16)22(29)30)17-6-3-13(34-17)9-15-20(27)25-23(31)26(21(15)28)12-2-5-18-19(8-12)33-10-32-18/h1-9H,10H2,(H,29,30)(H,25,27,31)/b15-9-. The molecule has 2 aliphatic rings. The van der Waals surface area contributed by atoms with Crippen LogP contribution in [0.4, 0.5) is 10.5 Å². The average Bonchev–Trinajstić information content (AvgIpc) is 3.46. The lowest BCUT2D eigenvalue weighted by Gasteiger charge is -2.26. The number of carbonyl (C=O) groups excluding carboxylic acids is 3. The Kier molecular flexibility index (Phi) is 5.06. The molecular formula is C23H13ClN2O8. The molecule has 11 heteroatoms. The topological polar surface area (TPSA) is 135 Å². The van der Waals surface area contributed by atoms with Gasteiger partial charge in [0.1, 0.15) is 17.1 Å². The molecule has 2 N–H and O–H groups in total. The minimum atomic E-state index is -1.20. The number of anilines is 1. The van der Waals surface area contributed by atoms with Crippen molar-refractivity contribution in [2.24, 2.45) is 0 Å². The number of rotatable bonds is 4. The predicted octanol–water partition coefficient (Wildman–Crippen LogP) is 3.69. The summed E-state index contributed by atoms with van der Waals surface area (Å²) in [6.07, 6.45) is 1.20. The zero-order valence-electron chi connectivity index (χ0n) is 17.0. The summed E-state index contributed by atoms with van der Waals surface area (Å²) in [6, 6.07) is 11.0. The van der Waals surface area contributed by atoms with Crippen LogP contribution in [0.1, 0.15) is 16.1 Å². The van der Waals surface area contributed by atoms with Crippen LogP contribution in [0.2, 0.25) is 5.02 Å². The van der Waals surface area contributed by atoms with Crippen LogP contribution in [0.25, 0.3) is 17.4 Å². The van der Waals surface area contributed by atoms with Crippen molar-refractivity contribution in [1.82, 2.24) is 5.32 Å². The van der Waals surface area contributed by atoms with Gasteiger partial charge in [0.15, 0.2) is 11.5 Å². The van der Waals surface area contributed by atoms with E-state index in [9.17, 15) is 24.3 Å². The molecule has 1 fully saturated rings. The van der Waals surface area contributed by atoms with E-state index in [1.807, 2.05) is 0 Å². The molecule has 0 spiro atoms. The predicted molar refractivity (Wildman–Crippen MR) is 118 cm³/mol. The summed E-state index contributed by atoms with van der Waals surface area (Å²) in [6.45, 7) is 0.0188. The number of carbonyl (C=O) groups is 4. The van der Waals surface area contributed by atoms with Crippen LogP contribution >= 0.6 is 11.6 Å². The number of barbiturate groups is 1. The van der Waals surface area contributed by atoms with Crippen molar-refractivity contribution in [3.63, 3.8) is 0 Å². The second-order valence-electron chi connectivity index (χ2n) is 7.20. The van der Waals surface area contributed by atoms with Crippen molar-refractivity contribution in [3.8, 4) is 22.8 Å². The van der Waals surface area contributed by atoms with Crippen LogP contribution in [0, 0.1) is 0 Å². The number of halogens is 1. The van der Waals surface area contributed by atoms with Crippen LogP contribution in [0.5, 0.6) is 11.5 Å². The van der Waals surface area contributed by atoms with Gasteiger partial charge in [0.05, 0.1) is 16.3 Å². The molecule has 0 saturated carbocycles. The minimum absolute atomic E-state index is 0.0188. The van der Waals surface area contributed by atoms with Crippen LogP contribution < -0.4 is 19.7 Å². The summed E-state index contributed by atoms with van der Waals surface area (Å²) >= 11 is 5.90. The SMILES string of the molecule is O=C1NC(=O)N(c2ccc3c(c2)OCO3)C(=O)/C1=C\c1ccc(-c2ccc(Cl)c(C(=O)O)c2)o1. The van der Waals surface area contributed by atoms with E-state index in [1.54, 1.807) is 18.2 Å². The average molecular weight is 481 g/mol. The van der Waals surface area contributed by atoms with Gasteiger partial charge < -0.3 is 19.0 Å². The summed E-state index contributed by atoms with van der Waals surface area (Å²) in [5, 5.41) is 11.5. The summed E-state index contributed by atoms with van der Waals surface area (Å²) in [5.41, 5.74) is 0.186. The third kappa shape index (κ3) is 3.65. The Morgan fingerprint density at radius 3 is 2.62 bits per heavy atom. The second-order valence-corrected chi connectivity index (χ2v) is 7.60. The van der Waals surface area contributed by atoms with Crippen molar-refractivity contribution >= 4 is 47.2 Å². The molecule has 10 nitrogen and oxygen atoms in total. The molecule has 4 amide bonds. The number of furan rings is 1. The maximum Gasteiger partial charge on any atom is 0.337 e. The molecule has 0 bridgehead atoms. The maximum absolute atomic E-state index is 13.1. The van der Waals surface area contributed by atoms with E-state index in [0.717, 1.165) is 4.90 Å². The van der Waals surface area contributed by atoms with Crippen molar-refractivity contribution in [2.75, 3.05) is 11.7 Å². The zero-order valence-corrected chi connectivity index (χ0v) is 17.8. The van der Waals surface area contributed by atoms with Gasteiger partial charge in [-0.2, -0.15) is 0 Å². The molecule has 1 saturated heterocycles. The summed E-state index contributed by atoms with van der Waals surface area (Å²) < 4.78 is 16.2. The third-order valence-electron chi connectivity index (χ3n) is 5.11. The van der Waals surface area contributed by atoms with Gasteiger partial charge in [0.25, 0.3) is 11.8 Å². The Morgan fingerprint density at radius 1 is 1.03 bits per heavy atom. The molecule has 5 rings (SSSR count). The van der Waals surface area contributed by atoms with Crippen LogP contribution in [-0.4, -0.2) is 35.7 Å². The van der Waals surface area contributed by atoms with Crippen molar-refractivity contribution in [2.45, 2.75) is 0 Å². The van der Waals surface area contributed by atoms with Gasteiger partial charge in [-0.25, -0.2) is 14.5 Å². The molecular weight excluding hydrogens is 468 g/mol. The molecule has 0 atom stereocenters. The number of carboxylic acids is 1. The highest BCUT2D eigenvalue weighted by molar-refractivity contribution is 6.39. The molecule has 2 aromatic carbocycles. The first-order valence-corrected chi connectivity index (χ1v) is 10.1. The fourth-order valence-corrected chi connectivity index (χ4v) is 3.68. The van der Waals surface area contributed by atoms with Gasteiger partial charge in [-0.05, 0) is 48.5 Å². The first-order valence-electron chi connectivity index (χ1n) is 9.76. The molecule has 3 heterocycles. The van der Waals surface area contributed by atoms with Gasteiger partial charge in [-0.3, -0.25) is 14.9 Å². The van der Waals surface area contributed by atoms with Crippen LogP contribution in [-0.2, 0) is 9.59 Å². The molecule has 0 aliphatic carbocycles. The Hall–Kier alpha value is -4.57. The molecule has 2 aliphatic heterocycles. The number of carboxylic acid groups (broad SMARTS) is 1. The van der Waals surface area contributed by atoms with Gasteiger partial charge in [0, 0.05) is 11.6 Å². The fourth-order valence-electron chi connectivity index (χ4n) is 3.49. The molecule has 3 aromatic rings. The monoisotopic (exact) mass is 480 g/mol. The smallest absolute Gasteiger partial charge is 0.337 e. The quantitative estimate of drug-likeness (QED) is 0.426. The van der Waals surface area contributed by atoms with E-state index < -0.39 is 23.8 Å². The Labute approximate surface area is 195 Å². The van der Waals surface area contributed by atoms with E-state index in [2.05, 4.69) is 5.32 Å². The number of amides is 4. The molecule has 34 heavy (non-hydrogen) atoms. The normalized spacial score (nSPS) is 16.2. The zero-order chi connectivity index (χ0) is 24.0. The highest BCUT2D eigenvalue weighted by atomic mass is 35.5. The summed E-state index contributed by atoms with van der Waals surface area (Å²) in [4.78, 5) is 50.0. The molecule has 170 valence electrons. The Balaban J connectivity index is 1.47. The van der Waals surface area contributed by atoms with Gasteiger partial charge in [0.2, 0.25) is 6.79 Å². The van der Waals surface area contributed by atoms with Crippen molar-refractivity contribution < 1.29 is 38.2 Å². The summed E-state index contributed by atoms with van der Waals surface area (Å²) in [7, 11) is 0. The highest BCUT2D eigenvalue weighted by Crippen LogP contribution is 2.36. The first-order chi connectivity index (χ1) is 16.3. The van der Waals surface area contributed by atoms with E-state index in [4.69, 9.17) is 25.5 Å². The molecule has 0 radical (unpaired) electrons. The number of hydrogen-bond acceptors (Lipinski definition) is 7. The van der Waals surface area contributed by atoms with E-state index in [1.165, 1.54) is 36.4 Å². The Morgan fingerprint density at radius 2 is 1.82 bits per heavy atom. The largest absolute Gasteiger partial charge is 0.478 e. The lowest BCUT2D eigenvalue weighted by molar-refractivity contribution is -0.122. The first kappa shape index (κ1) is 21.3. The van der Waals surface area contributed by atoms with Gasteiger partial charge >= 0.3 is 12.0 Å². The van der Waals surface area contributed by atoms with Crippen LogP contribution in [0.15, 0.2) is 58.5 Å². The highest BCUT2D eigenvalue weighted by Gasteiger charge is 2.37. The Bertz CT molecular complexity index is 1420. The number of nitrogens with zero attached hydrogens (tertiary/aromatic N) is 1. The molecule has 1 aromatic heterocycles.